The van der Waals surface area contributed by atoms with E-state index in [9.17, 15) is 14.0 Å². The van der Waals surface area contributed by atoms with Gasteiger partial charge in [0.15, 0.2) is 17.3 Å². The molecule has 0 aliphatic carbocycles. The third kappa shape index (κ3) is 4.53. The number of ether oxygens (including phenoxy) is 3. The first-order valence-electron chi connectivity index (χ1n) is 7.77. The largest absolute Gasteiger partial charge is 0.484 e. The van der Waals surface area contributed by atoms with Gasteiger partial charge in [0.2, 0.25) is 0 Å². The van der Waals surface area contributed by atoms with E-state index in [1.807, 2.05) is 30.3 Å². The maximum Gasteiger partial charge on any atom is 0.357 e. The monoisotopic (exact) mass is 347 g/mol. The summed E-state index contributed by atoms with van der Waals surface area (Å²) < 4.78 is 29.7. The summed E-state index contributed by atoms with van der Waals surface area (Å²) in [6.45, 7) is 3.34. The summed E-state index contributed by atoms with van der Waals surface area (Å²) >= 11 is 0. The number of hydrogen-bond donors (Lipinski definition) is 0. The molecule has 0 aliphatic heterocycles. The number of carbonyl (C=O) groups is 2. The standard InChI is InChI=1S/C18H18FNO5/c1-3-23-17(21)14-15(19)13(10-20-16(14)18(22)24-4-2)25-11-12-8-6-5-7-9-12/h5-10H,3-4,11H2,1-2H3. The maximum atomic E-state index is 14.7. The Hall–Kier alpha value is -2.96. The molecule has 25 heavy (non-hydrogen) atoms. The lowest BCUT2D eigenvalue weighted by Gasteiger charge is -2.12. The molecule has 132 valence electrons. The maximum absolute atomic E-state index is 14.7. The molecule has 0 unspecified atom stereocenters. The highest BCUT2D eigenvalue weighted by Crippen LogP contribution is 2.24. The zero-order valence-corrected chi connectivity index (χ0v) is 14.0. The lowest BCUT2D eigenvalue weighted by molar-refractivity contribution is 0.0467. The molecule has 0 spiro atoms. The average molecular weight is 347 g/mol. The Bertz CT molecular complexity index is 749. The molecule has 0 radical (unpaired) electrons. The molecule has 1 aromatic carbocycles. The van der Waals surface area contributed by atoms with Gasteiger partial charge in [-0.05, 0) is 19.4 Å². The Morgan fingerprint density at radius 1 is 1.04 bits per heavy atom. The fourth-order valence-electron chi connectivity index (χ4n) is 2.05. The first kappa shape index (κ1) is 18.4. The van der Waals surface area contributed by atoms with Gasteiger partial charge in [-0.3, -0.25) is 0 Å². The third-order valence-corrected chi connectivity index (χ3v) is 3.17. The van der Waals surface area contributed by atoms with Crippen molar-refractivity contribution in [2.75, 3.05) is 13.2 Å². The quantitative estimate of drug-likeness (QED) is 0.716. The number of benzene rings is 1. The summed E-state index contributed by atoms with van der Waals surface area (Å²) in [6, 6.07) is 9.11. The van der Waals surface area contributed by atoms with Crippen LogP contribution in [0, 0.1) is 5.82 Å². The number of aromatic nitrogens is 1. The van der Waals surface area contributed by atoms with Crippen molar-refractivity contribution >= 4 is 11.9 Å². The molecule has 1 aromatic heterocycles. The van der Waals surface area contributed by atoms with Crippen molar-refractivity contribution in [3.05, 3.63) is 59.2 Å². The first-order valence-corrected chi connectivity index (χ1v) is 7.77. The van der Waals surface area contributed by atoms with Crippen LogP contribution in [0.25, 0.3) is 0 Å². The third-order valence-electron chi connectivity index (χ3n) is 3.17. The fraction of sp³-hybridized carbons (Fsp3) is 0.278. The van der Waals surface area contributed by atoms with Gasteiger partial charge in [0.25, 0.3) is 0 Å². The summed E-state index contributed by atoms with van der Waals surface area (Å²) in [4.78, 5) is 27.8. The van der Waals surface area contributed by atoms with Crippen LogP contribution in [-0.4, -0.2) is 30.1 Å². The molecule has 0 amide bonds. The van der Waals surface area contributed by atoms with E-state index < -0.39 is 29.0 Å². The van der Waals surface area contributed by atoms with Crippen LogP contribution in [0.3, 0.4) is 0 Å². The van der Waals surface area contributed by atoms with Crippen LogP contribution in [0.1, 0.15) is 40.3 Å². The summed E-state index contributed by atoms with van der Waals surface area (Å²) in [5.41, 5.74) is -0.218. The second kappa shape index (κ2) is 8.77. The minimum Gasteiger partial charge on any atom is -0.484 e. The van der Waals surface area contributed by atoms with Crippen molar-refractivity contribution < 1.29 is 28.2 Å². The highest BCUT2D eigenvalue weighted by Gasteiger charge is 2.28. The van der Waals surface area contributed by atoms with Crippen LogP contribution in [0.4, 0.5) is 4.39 Å². The molecule has 0 fully saturated rings. The smallest absolute Gasteiger partial charge is 0.357 e. The highest BCUT2D eigenvalue weighted by molar-refractivity contribution is 6.02. The Balaban J connectivity index is 2.34. The summed E-state index contributed by atoms with van der Waals surface area (Å²) in [5.74, 6) is -3.16. The van der Waals surface area contributed by atoms with Crippen LogP contribution < -0.4 is 4.74 Å². The lowest BCUT2D eigenvalue weighted by atomic mass is 10.1. The van der Waals surface area contributed by atoms with Crippen molar-refractivity contribution in [3.63, 3.8) is 0 Å². The van der Waals surface area contributed by atoms with Crippen LogP contribution >= 0.6 is 0 Å². The van der Waals surface area contributed by atoms with Crippen LogP contribution in [0.5, 0.6) is 5.75 Å². The van der Waals surface area contributed by atoms with Gasteiger partial charge in [0.1, 0.15) is 12.2 Å². The van der Waals surface area contributed by atoms with Crippen molar-refractivity contribution in [2.45, 2.75) is 20.5 Å². The van der Waals surface area contributed by atoms with Gasteiger partial charge in [-0.25, -0.2) is 19.0 Å². The SMILES string of the molecule is CCOC(=O)c1ncc(OCc2ccccc2)c(F)c1C(=O)OCC. The zero-order valence-electron chi connectivity index (χ0n) is 14.0. The van der Waals surface area contributed by atoms with Crippen LogP contribution in [-0.2, 0) is 16.1 Å². The first-order chi connectivity index (χ1) is 12.1. The molecule has 1 heterocycles. The van der Waals surface area contributed by atoms with Gasteiger partial charge in [-0.15, -0.1) is 0 Å². The van der Waals surface area contributed by atoms with Gasteiger partial charge in [0, 0.05) is 0 Å². The molecule has 0 atom stereocenters. The lowest BCUT2D eigenvalue weighted by Crippen LogP contribution is -2.18. The van der Waals surface area contributed by atoms with E-state index in [-0.39, 0.29) is 25.6 Å². The number of hydrogen-bond acceptors (Lipinski definition) is 6. The van der Waals surface area contributed by atoms with E-state index in [1.165, 1.54) is 0 Å². The minimum atomic E-state index is -1.01. The molecule has 6 nitrogen and oxygen atoms in total. The van der Waals surface area contributed by atoms with E-state index in [1.54, 1.807) is 13.8 Å². The molecule has 0 aliphatic rings. The number of rotatable bonds is 7. The van der Waals surface area contributed by atoms with E-state index in [0.717, 1.165) is 11.8 Å². The molecule has 2 rings (SSSR count). The van der Waals surface area contributed by atoms with Crippen molar-refractivity contribution in [2.24, 2.45) is 0 Å². The number of carbonyl (C=O) groups excluding carboxylic acids is 2. The fourth-order valence-corrected chi connectivity index (χ4v) is 2.05. The zero-order chi connectivity index (χ0) is 18.2. The molecule has 0 saturated carbocycles. The molecule has 0 bridgehead atoms. The van der Waals surface area contributed by atoms with Gasteiger partial charge < -0.3 is 14.2 Å². The summed E-state index contributed by atoms with van der Waals surface area (Å²) in [6.07, 6.45) is 1.05. The summed E-state index contributed by atoms with van der Waals surface area (Å²) in [5, 5.41) is 0. The minimum absolute atomic E-state index is 0.0235. The summed E-state index contributed by atoms with van der Waals surface area (Å²) in [7, 11) is 0. The Morgan fingerprint density at radius 2 is 1.68 bits per heavy atom. The molecular weight excluding hydrogens is 329 g/mol. The van der Waals surface area contributed by atoms with E-state index in [0.29, 0.717) is 0 Å². The van der Waals surface area contributed by atoms with E-state index in [4.69, 9.17) is 14.2 Å². The molecule has 0 N–H and O–H groups in total. The van der Waals surface area contributed by atoms with Gasteiger partial charge in [-0.1, -0.05) is 30.3 Å². The molecule has 7 heteroatoms. The normalized spacial score (nSPS) is 10.2. The molecular formula is C18H18FNO5. The molecule has 0 saturated heterocycles. The average Bonchev–Trinajstić information content (AvgIpc) is 2.61. The Kier molecular flexibility index (Phi) is 6.45. The molecule has 2 aromatic rings. The van der Waals surface area contributed by atoms with Gasteiger partial charge in [0.05, 0.1) is 19.4 Å². The van der Waals surface area contributed by atoms with Crippen LogP contribution in [0.2, 0.25) is 0 Å². The van der Waals surface area contributed by atoms with Crippen molar-refractivity contribution in [1.29, 1.82) is 0 Å². The van der Waals surface area contributed by atoms with E-state index >= 15 is 0 Å². The van der Waals surface area contributed by atoms with E-state index in [2.05, 4.69) is 4.98 Å². The number of esters is 2. The Morgan fingerprint density at radius 3 is 2.32 bits per heavy atom. The second-order valence-corrected chi connectivity index (χ2v) is 4.88. The Labute approximate surface area is 144 Å². The van der Waals surface area contributed by atoms with Gasteiger partial charge >= 0.3 is 11.9 Å². The predicted molar refractivity (Wildman–Crippen MR) is 86.9 cm³/mol. The second-order valence-electron chi connectivity index (χ2n) is 4.88. The number of nitrogens with zero attached hydrogens (tertiary/aromatic N) is 1. The van der Waals surface area contributed by atoms with Crippen molar-refractivity contribution in [3.8, 4) is 5.75 Å². The topological polar surface area (TPSA) is 74.7 Å². The van der Waals surface area contributed by atoms with Crippen molar-refractivity contribution in [1.82, 2.24) is 4.98 Å². The van der Waals surface area contributed by atoms with Crippen LogP contribution in [0.15, 0.2) is 36.5 Å². The predicted octanol–water partition coefficient (Wildman–Crippen LogP) is 3.15. The number of halogens is 1. The highest BCUT2D eigenvalue weighted by atomic mass is 19.1. The number of pyridine rings is 1. The van der Waals surface area contributed by atoms with Gasteiger partial charge in [-0.2, -0.15) is 0 Å².